The molecule has 0 bridgehead atoms. The molecule has 5 nitrogen and oxygen atoms in total. The lowest BCUT2D eigenvalue weighted by molar-refractivity contribution is -0.138. The van der Waals surface area contributed by atoms with E-state index in [0.29, 0.717) is 32.6 Å². The highest BCUT2D eigenvalue weighted by Crippen LogP contribution is 2.14. The molecule has 0 aromatic heterocycles. The Balaban J connectivity index is 2.61. The summed E-state index contributed by atoms with van der Waals surface area (Å²) < 4.78 is 6.16. The molecule has 122 valence electrons. The van der Waals surface area contributed by atoms with E-state index in [4.69, 9.17) is 9.84 Å². The summed E-state index contributed by atoms with van der Waals surface area (Å²) >= 11 is 3.40. The van der Waals surface area contributed by atoms with Gasteiger partial charge in [0.05, 0.1) is 6.42 Å². The quantitative estimate of drug-likeness (QED) is 0.641. The average Bonchev–Trinajstić information content (AvgIpc) is 2.47. The van der Waals surface area contributed by atoms with Crippen LogP contribution in [0, 0.1) is 0 Å². The highest BCUT2D eigenvalue weighted by molar-refractivity contribution is 9.10. The van der Waals surface area contributed by atoms with E-state index in [2.05, 4.69) is 15.9 Å². The van der Waals surface area contributed by atoms with Crippen molar-refractivity contribution in [3.05, 3.63) is 34.3 Å². The summed E-state index contributed by atoms with van der Waals surface area (Å²) in [6, 6.07) is 7.66. The van der Waals surface area contributed by atoms with Gasteiger partial charge in [-0.1, -0.05) is 28.1 Å². The van der Waals surface area contributed by atoms with Crippen LogP contribution in [-0.2, 0) is 20.9 Å². The van der Waals surface area contributed by atoms with Gasteiger partial charge in [-0.2, -0.15) is 0 Å². The molecule has 0 saturated carbocycles. The third kappa shape index (κ3) is 7.56. The first-order valence-corrected chi connectivity index (χ1v) is 8.14. The molecule has 0 heterocycles. The number of ether oxygens (including phenoxy) is 1. The van der Waals surface area contributed by atoms with E-state index in [0.717, 1.165) is 10.0 Å². The Kier molecular flexibility index (Phi) is 8.77. The lowest BCUT2D eigenvalue weighted by atomic mass is 10.2. The Hall–Kier alpha value is -1.40. The van der Waals surface area contributed by atoms with Crippen molar-refractivity contribution in [2.45, 2.75) is 32.7 Å². The smallest absolute Gasteiger partial charge is 0.305 e. The Morgan fingerprint density at radius 2 is 2.09 bits per heavy atom. The number of benzene rings is 1. The van der Waals surface area contributed by atoms with Crippen molar-refractivity contribution in [2.24, 2.45) is 0 Å². The monoisotopic (exact) mass is 371 g/mol. The molecule has 0 aliphatic carbocycles. The molecular weight excluding hydrogens is 350 g/mol. The molecule has 0 aliphatic rings. The van der Waals surface area contributed by atoms with Crippen LogP contribution in [0.25, 0.3) is 0 Å². The summed E-state index contributed by atoms with van der Waals surface area (Å²) in [6.07, 6.45) is 0.966. The van der Waals surface area contributed by atoms with E-state index >= 15 is 0 Å². The van der Waals surface area contributed by atoms with Crippen molar-refractivity contribution in [3.63, 3.8) is 0 Å². The fraction of sp³-hybridized carbons (Fsp3) is 0.500. The lowest BCUT2D eigenvalue weighted by Gasteiger charge is -2.22. The van der Waals surface area contributed by atoms with Crippen LogP contribution in [0.15, 0.2) is 28.7 Å². The highest BCUT2D eigenvalue weighted by atomic mass is 79.9. The summed E-state index contributed by atoms with van der Waals surface area (Å²) in [5.74, 6) is -0.942. The zero-order valence-electron chi connectivity index (χ0n) is 12.8. The zero-order chi connectivity index (χ0) is 16.4. The summed E-state index contributed by atoms with van der Waals surface area (Å²) in [6.45, 7) is 3.73. The van der Waals surface area contributed by atoms with Crippen molar-refractivity contribution >= 4 is 27.8 Å². The molecule has 1 N–H and O–H groups in total. The van der Waals surface area contributed by atoms with E-state index in [1.807, 2.05) is 31.2 Å². The second-order valence-electron chi connectivity index (χ2n) is 4.89. The molecule has 22 heavy (non-hydrogen) atoms. The largest absolute Gasteiger partial charge is 0.481 e. The molecule has 0 spiro atoms. The summed E-state index contributed by atoms with van der Waals surface area (Å²) in [7, 11) is 0. The van der Waals surface area contributed by atoms with Gasteiger partial charge in [-0.15, -0.1) is 0 Å². The van der Waals surface area contributed by atoms with E-state index in [1.54, 1.807) is 4.90 Å². The van der Waals surface area contributed by atoms with Crippen molar-refractivity contribution in [1.82, 2.24) is 4.90 Å². The highest BCUT2D eigenvalue weighted by Gasteiger charge is 2.15. The number of carboxylic acid groups (broad SMARTS) is 1. The Morgan fingerprint density at radius 1 is 1.32 bits per heavy atom. The number of halogens is 1. The molecule has 0 unspecified atom stereocenters. The van der Waals surface area contributed by atoms with Crippen molar-refractivity contribution < 1.29 is 19.4 Å². The van der Waals surface area contributed by atoms with Gasteiger partial charge >= 0.3 is 5.97 Å². The van der Waals surface area contributed by atoms with Crippen LogP contribution >= 0.6 is 15.9 Å². The maximum atomic E-state index is 12.3. The van der Waals surface area contributed by atoms with E-state index in [1.165, 1.54) is 0 Å². The molecule has 1 aromatic rings. The van der Waals surface area contributed by atoms with Gasteiger partial charge in [0, 0.05) is 37.2 Å². The van der Waals surface area contributed by atoms with Crippen LogP contribution in [0.2, 0.25) is 0 Å². The third-order valence-electron chi connectivity index (χ3n) is 3.09. The minimum absolute atomic E-state index is 0.0408. The molecule has 0 saturated heterocycles. The SMILES string of the molecule is CCOCCCC(=O)N(CCC(=O)O)Cc1cccc(Br)c1. The average molecular weight is 372 g/mol. The van der Waals surface area contributed by atoms with Crippen LogP contribution in [-0.4, -0.2) is 41.6 Å². The number of hydrogen-bond donors (Lipinski definition) is 1. The number of hydrogen-bond acceptors (Lipinski definition) is 3. The van der Waals surface area contributed by atoms with Crippen molar-refractivity contribution in [3.8, 4) is 0 Å². The normalized spacial score (nSPS) is 10.5. The number of carbonyl (C=O) groups excluding carboxylic acids is 1. The number of amides is 1. The Labute approximate surface area is 139 Å². The second-order valence-corrected chi connectivity index (χ2v) is 5.81. The molecular formula is C16H22BrNO4. The molecule has 6 heteroatoms. The van der Waals surface area contributed by atoms with Gasteiger partial charge < -0.3 is 14.7 Å². The predicted octanol–water partition coefficient (Wildman–Crippen LogP) is 3.07. The van der Waals surface area contributed by atoms with Gasteiger partial charge in [0.15, 0.2) is 0 Å². The predicted molar refractivity (Wildman–Crippen MR) is 87.5 cm³/mol. The topological polar surface area (TPSA) is 66.8 Å². The minimum atomic E-state index is -0.902. The summed E-state index contributed by atoms with van der Waals surface area (Å²) in [4.78, 5) is 24.6. The molecule has 0 fully saturated rings. The van der Waals surface area contributed by atoms with Crippen LogP contribution in [0.3, 0.4) is 0 Å². The summed E-state index contributed by atoms with van der Waals surface area (Å²) in [5.41, 5.74) is 0.970. The number of rotatable bonds is 10. The zero-order valence-corrected chi connectivity index (χ0v) is 14.3. The van der Waals surface area contributed by atoms with E-state index < -0.39 is 5.97 Å². The molecule has 0 aliphatic heterocycles. The van der Waals surface area contributed by atoms with Gasteiger partial charge in [0.1, 0.15) is 0 Å². The first kappa shape index (κ1) is 18.6. The van der Waals surface area contributed by atoms with Crippen LogP contribution in [0.5, 0.6) is 0 Å². The molecule has 0 atom stereocenters. The maximum absolute atomic E-state index is 12.3. The van der Waals surface area contributed by atoms with E-state index in [9.17, 15) is 9.59 Å². The molecule has 1 aromatic carbocycles. The van der Waals surface area contributed by atoms with Gasteiger partial charge in [0.2, 0.25) is 5.91 Å². The number of carbonyl (C=O) groups is 2. The van der Waals surface area contributed by atoms with E-state index in [-0.39, 0.29) is 18.9 Å². The van der Waals surface area contributed by atoms with Crippen LogP contribution < -0.4 is 0 Å². The fourth-order valence-electron chi connectivity index (χ4n) is 2.01. The van der Waals surface area contributed by atoms with Gasteiger partial charge in [-0.25, -0.2) is 0 Å². The maximum Gasteiger partial charge on any atom is 0.305 e. The minimum Gasteiger partial charge on any atom is -0.481 e. The molecule has 0 radical (unpaired) electrons. The Morgan fingerprint density at radius 3 is 2.73 bits per heavy atom. The van der Waals surface area contributed by atoms with Crippen molar-refractivity contribution in [2.75, 3.05) is 19.8 Å². The number of aliphatic carboxylic acids is 1. The van der Waals surface area contributed by atoms with Gasteiger partial charge in [0.25, 0.3) is 0 Å². The molecule has 1 rings (SSSR count). The first-order valence-electron chi connectivity index (χ1n) is 7.34. The summed E-state index contributed by atoms with van der Waals surface area (Å²) in [5, 5.41) is 8.83. The molecule has 1 amide bonds. The van der Waals surface area contributed by atoms with Gasteiger partial charge in [-0.3, -0.25) is 9.59 Å². The first-order chi connectivity index (χ1) is 10.5. The fourth-order valence-corrected chi connectivity index (χ4v) is 2.45. The van der Waals surface area contributed by atoms with Crippen LogP contribution in [0.4, 0.5) is 0 Å². The third-order valence-corrected chi connectivity index (χ3v) is 3.59. The van der Waals surface area contributed by atoms with Gasteiger partial charge in [-0.05, 0) is 31.0 Å². The lowest BCUT2D eigenvalue weighted by Crippen LogP contribution is -2.32. The Bertz CT molecular complexity index is 493. The second kappa shape index (κ2) is 10.3. The number of nitrogens with zero attached hydrogens (tertiary/aromatic N) is 1. The van der Waals surface area contributed by atoms with Crippen LogP contribution in [0.1, 0.15) is 31.7 Å². The van der Waals surface area contributed by atoms with Crippen molar-refractivity contribution in [1.29, 1.82) is 0 Å². The standard InChI is InChI=1S/C16H22BrNO4/c1-2-22-10-4-7-15(19)18(9-8-16(20)21)12-13-5-3-6-14(17)11-13/h3,5-6,11H,2,4,7-10,12H2,1H3,(H,20,21). The number of carboxylic acids is 1.